The number of aliphatic hydroxyl groups excluding tert-OH is 1. The maximum absolute atomic E-state index is 12.7. The number of anilines is 2. The second kappa shape index (κ2) is 7.16. The number of hydrogen-bond acceptors (Lipinski definition) is 7. The molecule has 150 valence electrons. The van der Waals surface area contributed by atoms with E-state index in [1.165, 1.54) is 6.07 Å². The van der Waals surface area contributed by atoms with E-state index in [4.69, 9.17) is 17.3 Å². The van der Waals surface area contributed by atoms with Crippen molar-refractivity contribution in [2.24, 2.45) is 5.73 Å². The van der Waals surface area contributed by atoms with E-state index in [9.17, 15) is 13.5 Å². The first kappa shape index (κ1) is 19.4. The van der Waals surface area contributed by atoms with Gasteiger partial charge in [-0.2, -0.15) is 0 Å². The molecule has 1 aromatic carbocycles. The number of hydrogen-bond donors (Lipinski definition) is 5. The number of rotatable bonds is 4. The molecular formula is C18H22ClN5O3S. The highest BCUT2D eigenvalue weighted by molar-refractivity contribution is 7.93. The van der Waals surface area contributed by atoms with E-state index in [0.717, 1.165) is 18.5 Å². The fourth-order valence-electron chi connectivity index (χ4n) is 3.82. The summed E-state index contributed by atoms with van der Waals surface area (Å²) in [6.45, 7) is 0. The Morgan fingerprint density at radius 1 is 1.29 bits per heavy atom. The maximum Gasteiger partial charge on any atom is 0.238 e. The molecule has 2 aliphatic rings. The lowest BCUT2D eigenvalue weighted by Crippen LogP contribution is -2.49. The van der Waals surface area contributed by atoms with Crippen LogP contribution in [0.15, 0.2) is 36.5 Å². The molecule has 0 spiro atoms. The lowest BCUT2D eigenvalue weighted by atomic mass is 9.96. The number of halogens is 1. The minimum absolute atomic E-state index is 0.291. The first-order chi connectivity index (χ1) is 13.3. The van der Waals surface area contributed by atoms with Crippen LogP contribution in [0.25, 0.3) is 0 Å². The van der Waals surface area contributed by atoms with Gasteiger partial charge in [0.25, 0.3) is 0 Å². The molecule has 10 heteroatoms. The van der Waals surface area contributed by atoms with Gasteiger partial charge in [0.15, 0.2) is 5.66 Å². The molecule has 8 nitrogen and oxygen atoms in total. The van der Waals surface area contributed by atoms with Gasteiger partial charge >= 0.3 is 0 Å². The maximum atomic E-state index is 12.7. The van der Waals surface area contributed by atoms with Gasteiger partial charge in [0.2, 0.25) is 10.0 Å². The Kier molecular flexibility index (Phi) is 4.96. The first-order valence-electron chi connectivity index (χ1n) is 9.08. The third-order valence-corrected chi connectivity index (χ3v) is 7.48. The van der Waals surface area contributed by atoms with Crippen molar-refractivity contribution in [3.8, 4) is 0 Å². The number of nitrogens with one attached hydrogen (secondary N) is 3. The molecule has 28 heavy (non-hydrogen) atoms. The standard InChI is InChI=1S/C18H22ClN5O3S/c19-13-10-11(23-28(26,27)16-6-2-1-5-15(16)25)7-8-12(13)18(20)17-14(22-24-18)4-3-9-21-17/h3-4,7-10,15-16,22-25H,1-2,5-6,20H2. The average Bonchev–Trinajstić information content (AvgIpc) is 3.00. The van der Waals surface area contributed by atoms with E-state index in [-0.39, 0.29) is 0 Å². The largest absolute Gasteiger partial charge is 0.392 e. The van der Waals surface area contributed by atoms with Gasteiger partial charge in [-0.3, -0.25) is 9.71 Å². The molecule has 0 bridgehead atoms. The molecule has 3 atom stereocenters. The van der Waals surface area contributed by atoms with E-state index in [0.29, 0.717) is 34.8 Å². The summed E-state index contributed by atoms with van der Waals surface area (Å²) in [6, 6.07) is 8.41. The van der Waals surface area contributed by atoms with Crippen LogP contribution in [0, 0.1) is 0 Å². The quantitative estimate of drug-likeness (QED) is 0.507. The van der Waals surface area contributed by atoms with Crippen molar-refractivity contribution in [3.63, 3.8) is 0 Å². The van der Waals surface area contributed by atoms with Crippen molar-refractivity contribution in [1.82, 2.24) is 10.4 Å². The number of pyridine rings is 1. The normalized spacial score (nSPS) is 27.1. The van der Waals surface area contributed by atoms with Crippen molar-refractivity contribution in [2.75, 3.05) is 10.1 Å². The van der Waals surface area contributed by atoms with Gasteiger partial charge in [-0.15, -0.1) is 0 Å². The van der Waals surface area contributed by atoms with Crippen LogP contribution in [0.3, 0.4) is 0 Å². The second-order valence-corrected chi connectivity index (χ2v) is 9.50. The molecule has 1 aliphatic carbocycles. The molecule has 6 N–H and O–H groups in total. The average molecular weight is 424 g/mol. The van der Waals surface area contributed by atoms with Gasteiger partial charge in [0.05, 0.1) is 11.8 Å². The molecule has 0 saturated heterocycles. The minimum Gasteiger partial charge on any atom is -0.392 e. The Bertz CT molecular complexity index is 1000. The number of aromatic nitrogens is 1. The lowest BCUT2D eigenvalue weighted by molar-refractivity contribution is 0.133. The minimum atomic E-state index is -3.73. The smallest absolute Gasteiger partial charge is 0.238 e. The number of aliphatic hydroxyl groups is 1. The van der Waals surface area contributed by atoms with Crippen molar-refractivity contribution in [1.29, 1.82) is 0 Å². The van der Waals surface area contributed by atoms with E-state index in [1.54, 1.807) is 24.4 Å². The third kappa shape index (κ3) is 3.33. The van der Waals surface area contributed by atoms with Crippen LogP contribution in [0.2, 0.25) is 5.02 Å². The van der Waals surface area contributed by atoms with Crippen LogP contribution < -0.4 is 21.3 Å². The summed E-state index contributed by atoms with van der Waals surface area (Å²) in [5, 5.41) is 9.54. The molecule has 0 radical (unpaired) electrons. The van der Waals surface area contributed by atoms with Crippen molar-refractivity contribution in [2.45, 2.75) is 42.7 Å². The van der Waals surface area contributed by atoms with Crippen LogP contribution in [-0.4, -0.2) is 29.9 Å². The molecule has 0 amide bonds. The Labute approximate surface area is 168 Å². The highest BCUT2D eigenvalue weighted by Crippen LogP contribution is 2.37. The summed E-state index contributed by atoms with van der Waals surface area (Å²) in [4.78, 5) is 4.33. The second-order valence-electron chi connectivity index (χ2n) is 7.19. The van der Waals surface area contributed by atoms with E-state index < -0.39 is 27.0 Å². The molecular weight excluding hydrogens is 402 g/mol. The van der Waals surface area contributed by atoms with Crippen molar-refractivity contribution < 1.29 is 13.5 Å². The number of fused-ring (bicyclic) bond motifs is 1. The van der Waals surface area contributed by atoms with E-state index >= 15 is 0 Å². The Morgan fingerprint density at radius 3 is 2.82 bits per heavy atom. The van der Waals surface area contributed by atoms with Gasteiger partial charge in [-0.05, 0) is 37.1 Å². The molecule has 1 saturated carbocycles. The van der Waals surface area contributed by atoms with Gasteiger partial charge in [0, 0.05) is 22.5 Å². The molecule has 2 aromatic rings. The molecule has 1 aromatic heterocycles. The number of hydrazine groups is 1. The number of sulfonamides is 1. The number of nitrogens with zero attached hydrogens (tertiary/aromatic N) is 1. The Hall–Kier alpha value is -1.91. The molecule has 1 aliphatic heterocycles. The Morgan fingerprint density at radius 2 is 2.07 bits per heavy atom. The zero-order valence-corrected chi connectivity index (χ0v) is 16.6. The van der Waals surface area contributed by atoms with Crippen LogP contribution in [0.1, 0.15) is 36.9 Å². The number of benzene rings is 1. The first-order valence-corrected chi connectivity index (χ1v) is 11.0. The molecule has 1 fully saturated rings. The highest BCUT2D eigenvalue weighted by Gasteiger charge is 2.40. The van der Waals surface area contributed by atoms with Gasteiger partial charge in [-0.1, -0.05) is 30.5 Å². The predicted molar refractivity (Wildman–Crippen MR) is 108 cm³/mol. The fourth-order valence-corrected chi connectivity index (χ4v) is 5.78. The van der Waals surface area contributed by atoms with Crippen molar-refractivity contribution in [3.05, 3.63) is 52.8 Å². The summed E-state index contributed by atoms with van der Waals surface area (Å²) in [5.74, 6) is 0. The summed E-state index contributed by atoms with van der Waals surface area (Å²) >= 11 is 6.45. The summed E-state index contributed by atoms with van der Waals surface area (Å²) in [6.07, 6.45) is 3.33. The van der Waals surface area contributed by atoms with E-state index in [1.807, 2.05) is 6.07 Å². The molecule has 3 unspecified atom stereocenters. The van der Waals surface area contributed by atoms with Gasteiger partial charge in [0.1, 0.15) is 10.9 Å². The monoisotopic (exact) mass is 423 g/mol. The lowest BCUT2D eigenvalue weighted by Gasteiger charge is -2.28. The third-order valence-electron chi connectivity index (χ3n) is 5.30. The topological polar surface area (TPSA) is 129 Å². The Balaban J connectivity index is 1.61. The van der Waals surface area contributed by atoms with E-state index in [2.05, 4.69) is 20.6 Å². The number of nitrogens with two attached hydrogens (primary N) is 1. The predicted octanol–water partition coefficient (Wildman–Crippen LogP) is 1.87. The summed E-state index contributed by atoms with van der Waals surface area (Å²) in [5.41, 5.74) is 13.6. The van der Waals surface area contributed by atoms with Crippen LogP contribution >= 0.6 is 11.6 Å². The zero-order valence-electron chi connectivity index (χ0n) is 15.0. The fraction of sp³-hybridized carbons (Fsp3) is 0.389. The highest BCUT2D eigenvalue weighted by atomic mass is 35.5. The molecule has 2 heterocycles. The van der Waals surface area contributed by atoms with Crippen LogP contribution in [0.4, 0.5) is 11.4 Å². The zero-order chi connectivity index (χ0) is 19.9. The molecule has 4 rings (SSSR count). The van der Waals surface area contributed by atoms with Gasteiger partial charge in [-0.25, -0.2) is 13.8 Å². The summed E-state index contributed by atoms with van der Waals surface area (Å²) in [7, 11) is -3.73. The van der Waals surface area contributed by atoms with Gasteiger partial charge < -0.3 is 16.3 Å². The SMILES string of the molecule is NC1(c2ccc(NS(=O)(=O)C3CCCCC3O)cc2Cl)NNc2cccnc21. The van der Waals surface area contributed by atoms with Crippen molar-refractivity contribution >= 4 is 33.0 Å². The van der Waals surface area contributed by atoms with Crippen LogP contribution in [-0.2, 0) is 15.7 Å². The van der Waals surface area contributed by atoms with Crippen LogP contribution in [0.5, 0.6) is 0 Å². The summed E-state index contributed by atoms with van der Waals surface area (Å²) < 4.78 is 27.9.